The van der Waals surface area contributed by atoms with Gasteiger partial charge in [0.1, 0.15) is 12.3 Å². The minimum Gasteiger partial charge on any atom is -0.482 e. The zero-order chi connectivity index (χ0) is 21.8. The van der Waals surface area contributed by atoms with E-state index in [-0.39, 0.29) is 27.8 Å². The molecule has 0 unspecified atom stereocenters. The van der Waals surface area contributed by atoms with Crippen molar-refractivity contribution < 1.29 is 24.0 Å². The highest BCUT2D eigenvalue weighted by molar-refractivity contribution is 7.16. The van der Waals surface area contributed by atoms with Crippen molar-refractivity contribution in [3.63, 3.8) is 0 Å². The van der Waals surface area contributed by atoms with Crippen LogP contribution in [0.4, 0.5) is 5.69 Å². The van der Waals surface area contributed by atoms with Gasteiger partial charge in [-0.2, -0.15) is 4.99 Å². The Hall–Kier alpha value is -2.95. The summed E-state index contributed by atoms with van der Waals surface area (Å²) in [5, 5.41) is 11.7. The Morgan fingerprint density at radius 1 is 1.23 bits per heavy atom. The maximum atomic E-state index is 12.3. The number of thiazole rings is 1. The number of hydrogen-bond acceptors (Lipinski definition) is 7. The molecule has 0 atom stereocenters. The molecular formula is C18H13Cl2N3O6S. The first kappa shape index (κ1) is 21.8. The Balaban J connectivity index is 1.94. The number of nitro benzene ring substituents is 1. The number of methoxy groups -OCH3 is 1. The van der Waals surface area contributed by atoms with Crippen molar-refractivity contribution in [2.75, 3.05) is 13.7 Å². The number of carbonyl (C=O) groups excluding carboxylic acids is 2. The first-order valence-electron chi connectivity index (χ1n) is 8.28. The van der Waals surface area contributed by atoms with E-state index in [2.05, 4.69) is 9.73 Å². The zero-order valence-electron chi connectivity index (χ0n) is 15.3. The van der Waals surface area contributed by atoms with Crippen LogP contribution in [-0.4, -0.2) is 35.1 Å². The van der Waals surface area contributed by atoms with Gasteiger partial charge in [0.05, 0.1) is 27.3 Å². The number of carbonyl (C=O) groups is 2. The molecule has 12 heteroatoms. The molecule has 0 radical (unpaired) electrons. The minimum absolute atomic E-state index is 0.118. The number of ether oxygens (including phenoxy) is 2. The van der Waals surface area contributed by atoms with Crippen LogP contribution in [0, 0.1) is 10.1 Å². The lowest BCUT2D eigenvalue weighted by molar-refractivity contribution is -0.384. The third kappa shape index (κ3) is 4.96. The molecule has 0 spiro atoms. The molecule has 0 fully saturated rings. The van der Waals surface area contributed by atoms with Crippen molar-refractivity contribution in [2.24, 2.45) is 4.99 Å². The second kappa shape index (κ2) is 9.24. The second-order valence-corrected chi connectivity index (χ2v) is 7.68. The SMILES string of the molecule is COC(=O)Cn1c(=NC(=O)COc2ccc(Cl)cc2Cl)sc2cc([N+](=O)[O-])ccc21. The largest absolute Gasteiger partial charge is 0.482 e. The Bertz CT molecular complexity index is 1220. The second-order valence-electron chi connectivity index (χ2n) is 5.83. The van der Waals surface area contributed by atoms with Crippen LogP contribution in [0.15, 0.2) is 41.4 Å². The van der Waals surface area contributed by atoms with E-state index >= 15 is 0 Å². The number of aromatic nitrogens is 1. The molecule has 2 aromatic carbocycles. The highest BCUT2D eigenvalue weighted by Crippen LogP contribution is 2.27. The number of amides is 1. The number of nitrogens with zero attached hydrogens (tertiary/aromatic N) is 3. The number of nitro groups is 1. The summed E-state index contributed by atoms with van der Waals surface area (Å²) in [7, 11) is 1.23. The molecule has 0 aliphatic rings. The van der Waals surface area contributed by atoms with Crippen LogP contribution in [0.5, 0.6) is 5.75 Å². The van der Waals surface area contributed by atoms with Crippen molar-refractivity contribution in [1.29, 1.82) is 0 Å². The molecular weight excluding hydrogens is 457 g/mol. The summed E-state index contributed by atoms with van der Waals surface area (Å²) in [4.78, 5) is 38.8. The minimum atomic E-state index is -0.638. The van der Waals surface area contributed by atoms with Crippen LogP contribution < -0.4 is 9.54 Å². The molecule has 0 N–H and O–H groups in total. The average Bonchev–Trinajstić information content (AvgIpc) is 3.03. The fourth-order valence-corrected chi connectivity index (χ4v) is 4.02. The summed E-state index contributed by atoms with van der Waals surface area (Å²) in [5.74, 6) is -0.939. The first-order valence-corrected chi connectivity index (χ1v) is 9.85. The van der Waals surface area contributed by atoms with Gasteiger partial charge in [-0.05, 0) is 24.3 Å². The molecule has 0 aliphatic carbocycles. The molecule has 0 bridgehead atoms. The third-order valence-corrected chi connectivity index (χ3v) is 5.43. The molecule has 1 heterocycles. The number of halogens is 2. The Morgan fingerprint density at radius 2 is 2.00 bits per heavy atom. The Kier molecular flexibility index (Phi) is 6.70. The van der Waals surface area contributed by atoms with Crippen LogP contribution >= 0.6 is 34.5 Å². The summed E-state index contributed by atoms with van der Waals surface area (Å²) < 4.78 is 12.0. The number of esters is 1. The smallest absolute Gasteiger partial charge is 0.325 e. The molecule has 1 amide bonds. The Labute approximate surface area is 183 Å². The topological polar surface area (TPSA) is 113 Å². The molecule has 9 nitrogen and oxygen atoms in total. The molecule has 3 rings (SSSR count). The highest BCUT2D eigenvalue weighted by atomic mass is 35.5. The molecule has 156 valence electrons. The highest BCUT2D eigenvalue weighted by Gasteiger charge is 2.15. The zero-order valence-corrected chi connectivity index (χ0v) is 17.7. The van der Waals surface area contributed by atoms with Gasteiger partial charge >= 0.3 is 5.97 Å². The maximum absolute atomic E-state index is 12.3. The van der Waals surface area contributed by atoms with Gasteiger partial charge in [-0.1, -0.05) is 34.5 Å². The van der Waals surface area contributed by atoms with Crippen LogP contribution in [0.3, 0.4) is 0 Å². The van der Waals surface area contributed by atoms with E-state index in [0.29, 0.717) is 15.2 Å². The molecule has 3 aromatic rings. The monoisotopic (exact) mass is 469 g/mol. The molecule has 1 aromatic heterocycles. The van der Waals surface area contributed by atoms with E-state index in [4.69, 9.17) is 27.9 Å². The van der Waals surface area contributed by atoms with Gasteiger partial charge in [0.2, 0.25) is 0 Å². The lowest BCUT2D eigenvalue weighted by Gasteiger charge is -2.06. The van der Waals surface area contributed by atoms with Crippen molar-refractivity contribution in [2.45, 2.75) is 6.54 Å². The number of fused-ring (bicyclic) bond motifs is 1. The van der Waals surface area contributed by atoms with E-state index in [0.717, 1.165) is 11.3 Å². The third-order valence-electron chi connectivity index (χ3n) is 3.86. The van der Waals surface area contributed by atoms with E-state index < -0.39 is 23.4 Å². The van der Waals surface area contributed by atoms with Gasteiger partial charge in [-0.15, -0.1) is 0 Å². The molecule has 0 saturated carbocycles. The van der Waals surface area contributed by atoms with Gasteiger partial charge < -0.3 is 14.0 Å². The van der Waals surface area contributed by atoms with E-state index in [1.165, 1.54) is 42.0 Å². The number of rotatable bonds is 6. The summed E-state index contributed by atoms with van der Waals surface area (Å²) in [6.07, 6.45) is 0. The summed E-state index contributed by atoms with van der Waals surface area (Å²) in [5.41, 5.74) is 0.386. The summed E-state index contributed by atoms with van der Waals surface area (Å²) in [6.45, 7) is -0.627. The molecule has 0 aliphatic heterocycles. The van der Waals surface area contributed by atoms with E-state index in [1.54, 1.807) is 6.07 Å². The van der Waals surface area contributed by atoms with Gasteiger partial charge in [0.25, 0.3) is 11.6 Å². The van der Waals surface area contributed by atoms with Crippen LogP contribution in [0.25, 0.3) is 10.2 Å². The van der Waals surface area contributed by atoms with Crippen LogP contribution in [-0.2, 0) is 20.9 Å². The number of non-ortho nitro benzene ring substituents is 1. The standard InChI is InChI=1S/C18H13Cl2N3O6S/c1-28-17(25)8-22-13-4-3-11(23(26)27)7-15(13)30-18(22)21-16(24)9-29-14-5-2-10(19)6-12(14)20/h2-7H,8-9H2,1H3. The lowest BCUT2D eigenvalue weighted by Crippen LogP contribution is -2.23. The van der Waals surface area contributed by atoms with Gasteiger partial charge in [-0.3, -0.25) is 19.7 Å². The van der Waals surface area contributed by atoms with Crippen molar-refractivity contribution >= 4 is 62.3 Å². The van der Waals surface area contributed by atoms with Gasteiger partial charge in [-0.25, -0.2) is 0 Å². The van der Waals surface area contributed by atoms with Crippen LogP contribution in [0.2, 0.25) is 10.0 Å². The first-order chi connectivity index (χ1) is 14.3. The number of benzene rings is 2. The average molecular weight is 470 g/mol. The predicted octanol–water partition coefficient (Wildman–Crippen LogP) is 3.60. The van der Waals surface area contributed by atoms with Crippen molar-refractivity contribution in [1.82, 2.24) is 4.57 Å². The fraction of sp³-hybridized carbons (Fsp3) is 0.167. The van der Waals surface area contributed by atoms with E-state index in [1.807, 2.05) is 0 Å². The number of hydrogen-bond donors (Lipinski definition) is 0. The van der Waals surface area contributed by atoms with Crippen molar-refractivity contribution in [3.8, 4) is 5.75 Å². The maximum Gasteiger partial charge on any atom is 0.325 e. The normalized spacial score (nSPS) is 11.5. The summed E-state index contributed by atoms with van der Waals surface area (Å²) >= 11 is 12.9. The summed E-state index contributed by atoms with van der Waals surface area (Å²) in [6, 6.07) is 8.70. The van der Waals surface area contributed by atoms with Crippen molar-refractivity contribution in [3.05, 3.63) is 61.4 Å². The van der Waals surface area contributed by atoms with Gasteiger partial charge in [0, 0.05) is 17.2 Å². The fourth-order valence-electron chi connectivity index (χ4n) is 2.48. The lowest BCUT2D eigenvalue weighted by atomic mass is 10.3. The Morgan fingerprint density at radius 3 is 2.67 bits per heavy atom. The van der Waals surface area contributed by atoms with Crippen LogP contribution in [0.1, 0.15) is 0 Å². The molecule has 30 heavy (non-hydrogen) atoms. The molecule has 0 saturated heterocycles. The predicted molar refractivity (Wildman–Crippen MR) is 111 cm³/mol. The quantitative estimate of drug-likeness (QED) is 0.309. The van der Waals surface area contributed by atoms with E-state index in [9.17, 15) is 19.7 Å². The van der Waals surface area contributed by atoms with Gasteiger partial charge in [0.15, 0.2) is 11.4 Å².